The number of nitrogens with one attached hydrogen (secondary N) is 3. The minimum Gasteiger partial charge on any atom is -0.312 e. The van der Waals surface area contributed by atoms with E-state index in [-0.39, 0.29) is 11.6 Å². The summed E-state index contributed by atoms with van der Waals surface area (Å²) in [6, 6.07) is 6.62. The van der Waals surface area contributed by atoms with Gasteiger partial charge in [-0.15, -0.1) is 5.10 Å². The summed E-state index contributed by atoms with van der Waals surface area (Å²) in [6.45, 7) is 5.11. The lowest BCUT2D eigenvalue weighted by Gasteiger charge is -2.44. The molecule has 3 N–H and O–H groups in total. The van der Waals surface area contributed by atoms with E-state index in [1.54, 1.807) is 29.1 Å². The van der Waals surface area contributed by atoms with Crippen LogP contribution in [0.2, 0.25) is 5.02 Å². The van der Waals surface area contributed by atoms with Crippen LogP contribution in [0.25, 0.3) is 16.9 Å². The number of halogens is 4. The van der Waals surface area contributed by atoms with Crippen LogP contribution in [0.15, 0.2) is 41.6 Å². The van der Waals surface area contributed by atoms with E-state index in [0.717, 1.165) is 69.0 Å². The van der Waals surface area contributed by atoms with Crippen LogP contribution >= 0.6 is 11.6 Å². The van der Waals surface area contributed by atoms with Crippen molar-refractivity contribution in [3.05, 3.63) is 57.9 Å². The largest absolute Gasteiger partial charge is 0.436 e. The molecule has 9 nitrogen and oxygen atoms in total. The number of benzene rings is 1. The van der Waals surface area contributed by atoms with Crippen molar-refractivity contribution in [2.24, 2.45) is 23.7 Å². The Balaban J connectivity index is 1.32. The normalized spacial score (nSPS) is 28.9. The van der Waals surface area contributed by atoms with E-state index in [1.807, 2.05) is 0 Å². The second-order valence-corrected chi connectivity index (χ2v) is 12.9. The standard InChI is InChI=1S/C30H38ClF3N8O/c1-18-4-2-7-26(20-6-3-5-19(10-20)23-14-37-38-15-25(23)35-13-18)41-17-36-24(12-29(41)43)22-11-21(31)8-9-27(22)42-16-28(39-40-42)30(32,33)34/h8-9,11-12,16-20,23,25-26,35,37-38H,2-7,10,13-15H2,1H3/t18-,19?,20?,23?,25?,26+/m1/s1. The Morgan fingerprint density at radius 1 is 1.00 bits per heavy atom. The molecule has 1 aliphatic carbocycles. The number of hydrogen-bond acceptors (Lipinski definition) is 7. The average molecular weight is 619 g/mol. The molecule has 2 saturated heterocycles. The molecule has 6 atom stereocenters. The van der Waals surface area contributed by atoms with Crippen LogP contribution in [0.5, 0.6) is 0 Å². The lowest BCUT2D eigenvalue weighted by molar-refractivity contribution is -0.141. The predicted molar refractivity (Wildman–Crippen MR) is 158 cm³/mol. The Kier molecular flexibility index (Phi) is 8.91. The molecule has 0 amide bonds. The van der Waals surface area contributed by atoms with Crippen molar-refractivity contribution in [1.29, 1.82) is 0 Å². The summed E-state index contributed by atoms with van der Waals surface area (Å²) in [5.74, 6) is 2.00. The number of alkyl halides is 3. The third-order valence-corrected chi connectivity index (χ3v) is 9.83. The summed E-state index contributed by atoms with van der Waals surface area (Å²) >= 11 is 6.28. The summed E-state index contributed by atoms with van der Waals surface area (Å²) in [6.07, 6.45) is 5.29. The van der Waals surface area contributed by atoms with Crippen molar-refractivity contribution in [2.75, 3.05) is 19.6 Å². The fraction of sp³-hybridized carbons (Fsp3) is 0.600. The van der Waals surface area contributed by atoms with Crippen LogP contribution in [0, 0.1) is 23.7 Å². The van der Waals surface area contributed by atoms with Gasteiger partial charge in [0.05, 0.1) is 23.9 Å². The topological polar surface area (TPSA) is 102 Å². The lowest BCUT2D eigenvalue weighted by atomic mass is 9.69. The minimum atomic E-state index is -4.63. The first-order chi connectivity index (χ1) is 20.7. The second-order valence-electron chi connectivity index (χ2n) is 12.5. The van der Waals surface area contributed by atoms with Gasteiger partial charge in [0.1, 0.15) is 0 Å². The number of nitrogens with zero attached hydrogens (tertiary/aromatic N) is 5. The number of hydrogen-bond donors (Lipinski definition) is 3. The highest BCUT2D eigenvalue weighted by Gasteiger charge is 2.38. The van der Waals surface area contributed by atoms with Gasteiger partial charge in [-0.1, -0.05) is 43.0 Å². The summed E-state index contributed by atoms with van der Waals surface area (Å²) < 4.78 is 42.5. The molecule has 4 heterocycles. The molecule has 3 aliphatic rings. The zero-order valence-corrected chi connectivity index (χ0v) is 24.9. The van der Waals surface area contributed by atoms with Crippen molar-refractivity contribution >= 4 is 11.6 Å². The number of aromatic nitrogens is 5. The van der Waals surface area contributed by atoms with E-state index in [1.165, 1.54) is 12.5 Å². The highest BCUT2D eigenvalue weighted by molar-refractivity contribution is 6.31. The molecule has 6 rings (SSSR count). The van der Waals surface area contributed by atoms with Crippen LogP contribution < -0.4 is 21.7 Å². The van der Waals surface area contributed by atoms with Crippen molar-refractivity contribution in [1.82, 2.24) is 40.7 Å². The van der Waals surface area contributed by atoms with Crippen molar-refractivity contribution in [3.63, 3.8) is 0 Å². The lowest BCUT2D eigenvalue weighted by Crippen LogP contribution is -2.59. The van der Waals surface area contributed by atoms with E-state index in [4.69, 9.17) is 11.6 Å². The van der Waals surface area contributed by atoms with Gasteiger partial charge in [0.15, 0.2) is 5.69 Å². The molecule has 3 aromatic rings. The fourth-order valence-corrected chi connectivity index (χ4v) is 7.52. The zero-order chi connectivity index (χ0) is 30.1. The Morgan fingerprint density at radius 2 is 1.79 bits per heavy atom. The van der Waals surface area contributed by atoms with E-state index >= 15 is 0 Å². The van der Waals surface area contributed by atoms with Gasteiger partial charge >= 0.3 is 6.18 Å². The first-order valence-corrected chi connectivity index (χ1v) is 15.6. The van der Waals surface area contributed by atoms with Gasteiger partial charge in [0.25, 0.3) is 5.56 Å². The first kappa shape index (κ1) is 30.2. The van der Waals surface area contributed by atoms with Crippen molar-refractivity contribution in [3.8, 4) is 16.9 Å². The van der Waals surface area contributed by atoms with Crippen LogP contribution in [0.1, 0.15) is 63.6 Å². The maximum absolute atomic E-state index is 13.8. The van der Waals surface area contributed by atoms with Gasteiger partial charge in [-0.05, 0) is 74.1 Å². The quantitative estimate of drug-likeness (QED) is 0.379. The van der Waals surface area contributed by atoms with Gasteiger partial charge in [-0.3, -0.25) is 20.2 Å². The van der Waals surface area contributed by atoms with Gasteiger partial charge < -0.3 is 5.32 Å². The van der Waals surface area contributed by atoms with E-state index in [2.05, 4.69) is 38.4 Å². The minimum absolute atomic E-state index is 0.0352. The number of rotatable bonds is 3. The highest BCUT2D eigenvalue weighted by atomic mass is 35.5. The van der Waals surface area contributed by atoms with Gasteiger partial charge in [-0.2, -0.15) is 13.2 Å². The zero-order valence-electron chi connectivity index (χ0n) is 24.2. The molecule has 4 unspecified atom stereocenters. The molecule has 2 aromatic heterocycles. The third kappa shape index (κ3) is 6.67. The van der Waals surface area contributed by atoms with E-state index < -0.39 is 11.9 Å². The summed E-state index contributed by atoms with van der Waals surface area (Å²) in [4.78, 5) is 18.5. The molecule has 13 heteroatoms. The molecule has 0 spiro atoms. The molecular formula is C30H38ClF3N8O. The third-order valence-electron chi connectivity index (χ3n) is 9.59. The molecule has 2 bridgehead atoms. The first-order valence-electron chi connectivity index (χ1n) is 15.2. The van der Waals surface area contributed by atoms with E-state index in [0.29, 0.717) is 51.7 Å². The van der Waals surface area contributed by atoms with Crippen molar-refractivity contribution in [2.45, 2.75) is 70.1 Å². The van der Waals surface area contributed by atoms with Crippen LogP contribution in [-0.4, -0.2) is 50.2 Å². The van der Waals surface area contributed by atoms with Gasteiger partial charge in [0, 0.05) is 41.8 Å². The molecule has 3 fully saturated rings. The van der Waals surface area contributed by atoms with Crippen LogP contribution in [0.3, 0.4) is 0 Å². The Bertz CT molecular complexity index is 1480. The maximum Gasteiger partial charge on any atom is 0.436 e. The molecule has 1 aromatic carbocycles. The number of hydrazine groups is 1. The molecule has 1 saturated carbocycles. The Morgan fingerprint density at radius 3 is 2.58 bits per heavy atom. The fourth-order valence-electron chi connectivity index (χ4n) is 7.35. The average Bonchev–Trinajstić information content (AvgIpc) is 3.50. The Labute approximate surface area is 253 Å². The summed E-state index contributed by atoms with van der Waals surface area (Å²) in [7, 11) is 0. The van der Waals surface area contributed by atoms with Crippen molar-refractivity contribution < 1.29 is 13.2 Å². The smallest absolute Gasteiger partial charge is 0.312 e. The van der Waals surface area contributed by atoms with Gasteiger partial charge in [-0.25, -0.2) is 9.67 Å². The Hall–Kier alpha value is -2.80. The predicted octanol–water partition coefficient (Wildman–Crippen LogP) is 5.01. The highest BCUT2D eigenvalue weighted by Crippen LogP contribution is 2.42. The molecule has 2 aliphatic heterocycles. The summed E-state index contributed by atoms with van der Waals surface area (Å²) in [5, 5.41) is 11.2. The SMILES string of the molecule is C[C@@H]1CCC[C@H](n2cnc(-c3cc(Cl)ccc3-n3cc(C(F)(F)F)nn3)cc2=O)C2CCCC(C2)C2CNNCC2NC1. The monoisotopic (exact) mass is 618 g/mol. The van der Waals surface area contributed by atoms with Crippen LogP contribution in [-0.2, 0) is 6.18 Å². The molecule has 0 radical (unpaired) electrons. The van der Waals surface area contributed by atoms with E-state index in [9.17, 15) is 18.0 Å². The molecular weight excluding hydrogens is 581 g/mol. The summed E-state index contributed by atoms with van der Waals surface area (Å²) in [5.41, 5.74) is 6.45. The number of fused-ring (bicyclic) bond motifs is 4. The second kappa shape index (κ2) is 12.7. The van der Waals surface area contributed by atoms with Gasteiger partial charge in [0.2, 0.25) is 0 Å². The molecule has 232 valence electrons. The molecule has 43 heavy (non-hydrogen) atoms. The maximum atomic E-state index is 13.8. The van der Waals surface area contributed by atoms with Crippen LogP contribution in [0.4, 0.5) is 13.2 Å².